The van der Waals surface area contributed by atoms with E-state index in [1.807, 2.05) is 0 Å². The molecule has 2 saturated carbocycles. The topological polar surface area (TPSA) is 64.3 Å². The lowest BCUT2D eigenvalue weighted by atomic mass is 9.83. The lowest BCUT2D eigenvalue weighted by Crippen LogP contribution is -2.60. The Morgan fingerprint density at radius 2 is 2.00 bits per heavy atom. The Balaban J connectivity index is 1.78. The molecule has 1 amide bonds. The van der Waals surface area contributed by atoms with E-state index in [1.54, 1.807) is 0 Å². The van der Waals surface area contributed by atoms with Crippen molar-refractivity contribution < 1.29 is 9.53 Å². The van der Waals surface area contributed by atoms with Gasteiger partial charge in [-0.15, -0.1) is 0 Å². The quantitative estimate of drug-likeness (QED) is 0.637. The number of amides is 1. The summed E-state index contributed by atoms with van der Waals surface area (Å²) >= 11 is 0. The highest BCUT2D eigenvalue weighted by molar-refractivity contribution is 5.85. The number of rotatable bonds is 9. The molecule has 2 fully saturated rings. The van der Waals surface area contributed by atoms with E-state index in [-0.39, 0.29) is 11.9 Å². The lowest BCUT2D eigenvalue weighted by Gasteiger charge is -2.35. The van der Waals surface area contributed by atoms with Gasteiger partial charge >= 0.3 is 0 Å². The first-order valence-corrected chi connectivity index (χ1v) is 8.20. The van der Waals surface area contributed by atoms with Gasteiger partial charge in [-0.3, -0.25) is 4.79 Å². The maximum atomic E-state index is 12.0. The molecule has 0 saturated heterocycles. The van der Waals surface area contributed by atoms with E-state index in [9.17, 15) is 4.79 Å². The summed E-state index contributed by atoms with van der Waals surface area (Å²) in [5.41, 5.74) is 5.20. The zero-order valence-corrected chi connectivity index (χ0v) is 13.0. The highest BCUT2D eigenvalue weighted by Gasteiger charge is 2.47. The van der Waals surface area contributed by atoms with Gasteiger partial charge in [0, 0.05) is 19.3 Å². The van der Waals surface area contributed by atoms with E-state index in [0.29, 0.717) is 5.92 Å². The van der Waals surface area contributed by atoms with Gasteiger partial charge in [0.05, 0.1) is 0 Å². The second-order valence-electron chi connectivity index (χ2n) is 6.86. The van der Waals surface area contributed by atoms with Crippen LogP contribution >= 0.6 is 0 Å². The maximum absolute atomic E-state index is 12.0. The zero-order valence-electron chi connectivity index (χ0n) is 13.0. The highest BCUT2D eigenvalue weighted by Crippen LogP contribution is 2.38. The molecule has 2 aliphatic rings. The standard InChI is InChI=1S/C16H30N2O2/c1-12(2)18-16(15(17)19)9-3-4-14(16)8-11-20-10-7-13-5-6-13/h12-14,18H,3-11H2,1-2H3,(H2,17,19). The van der Waals surface area contributed by atoms with E-state index in [1.165, 1.54) is 19.3 Å². The number of carbonyl (C=O) groups excluding carboxylic acids is 1. The fourth-order valence-electron chi connectivity index (χ4n) is 3.55. The van der Waals surface area contributed by atoms with Crippen molar-refractivity contribution in [3.05, 3.63) is 0 Å². The van der Waals surface area contributed by atoms with Crippen LogP contribution in [-0.2, 0) is 9.53 Å². The summed E-state index contributed by atoms with van der Waals surface area (Å²) in [5, 5.41) is 3.44. The number of hydrogen-bond donors (Lipinski definition) is 2. The van der Waals surface area contributed by atoms with E-state index < -0.39 is 5.54 Å². The van der Waals surface area contributed by atoms with Crippen molar-refractivity contribution in [2.45, 2.75) is 70.4 Å². The third-order valence-corrected chi connectivity index (χ3v) is 4.78. The van der Waals surface area contributed by atoms with Crippen LogP contribution in [0.5, 0.6) is 0 Å². The summed E-state index contributed by atoms with van der Waals surface area (Å²) in [6.07, 6.45) is 7.94. The molecule has 0 radical (unpaired) electrons. The van der Waals surface area contributed by atoms with Gasteiger partial charge in [-0.1, -0.05) is 19.3 Å². The molecule has 0 bridgehead atoms. The average molecular weight is 282 g/mol. The molecule has 2 atom stereocenters. The molecule has 3 N–H and O–H groups in total. The van der Waals surface area contributed by atoms with Crippen LogP contribution in [0.15, 0.2) is 0 Å². The highest BCUT2D eigenvalue weighted by atomic mass is 16.5. The van der Waals surface area contributed by atoms with Crippen molar-refractivity contribution in [1.29, 1.82) is 0 Å². The summed E-state index contributed by atoms with van der Waals surface area (Å²) in [5.74, 6) is 1.06. The molecule has 20 heavy (non-hydrogen) atoms. The van der Waals surface area contributed by atoms with Crippen LogP contribution < -0.4 is 11.1 Å². The third-order valence-electron chi connectivity index (χ3n) is 4.78. The number of hydrogen-bond acceptors (Lipinski definition) is 3. The molecule has 2 rings (SSSR count). The minimum Gasteiger partial charge on any atom is -0.381 e. The summed E-state index contributed by atoms with van der Waals surface area (Å²) in [6.45, 7) is 5.78. The Labute approximate surface area is 122 Å². The molecule has 0 aromatic heterocycles. The summed E-state index contributed by atoms with van der Waals surface area (Å²) in [6, 6.07) is 0.277. The number of ether oxygens (including phenoxy) is 1. The van der Waals surface area contributed by atoms with Gasteiger partial charge < -0.3 is 15.8 Å². The first-order valence-electron chi connectivity index (χ1n) is 8.20. The summed E-state index contributed by atoms with van der Waals surface area (Å²) < 4.78 is 5.74. The van der Waals surface area contributed by atoms with Crippen LogP contribution in [0.3, 0.4) is 0 Å². The number of nitrogens with one attached hydrogen (secondary N) is 1. The third kappa shape index (κ3) is 3.95. The monoisotopic (exact) mass is 282 g/mol. The molecule has 4 nitrogen and oxygen atoms in total. The van der Waals surface area contributed by atoms with Gasteiger partial charge in [-0.05, 0) is 51.4 Å². The Hall–Kier alpha value is -0.610. The second-order valence-corrected chi connectivity index (χ2v) is 6.86. The van der Waals surface area contributed by atoms with Crippen LogP contribution in [0, 0.1) is 11.8 Å². The molecule has 0 heterocycles. The molecule has 0 spiro atoms. The summed E-state index contributed by atoms with van der Waals surface area (Å²) in [4.78, 5) is 12.0. The van der Waals surface area contributed by atoms with Gasteiger partial charge in [-0.2, -0.15) is 0 Å². The van der Waals surface area contributed by atoms with E-state index in [4.69, 9.17) is 10.5 Å². The minimum absolute atomic E-state index is 0.188. The average Bonchev–Trinajstić information content (AvgIpc) is 3.10. The van der Waals surface area contributed by atoms with Gasteiger partial charge in [0.25, 0.3) is 0 Å². The van der Waals surface area contributed by atoms with Gasteiger partial charge in [0.2, 0.25) is 5.91 Å². The molecule has 2 unspecified atom stereocenters. The van der Waals surface area contributed by atoms with Gasteiger partial charge in [0.1, 0.15) is 5.54 Å². The molecule has 0 aliphatic heterocycles. The van der Waals surface area contributed by atoms with Crippen LogP contribution in [0.2, 0.25) is 0 Å². The maximum Gasteiger partial charge on any atom is 0.238 e. The Kier molecular flexibility index (Phi) is 5.44. The number of primary amides is 1. The van der Waals surface area contributed by atoms with Crippen molar-refractivity contribution >= 4 is 5.91 Å². The van der Waals surface area contributed by atoms with Gasteiger partial charge in [0.15, 0.2) is 0 Å². The number of carbonyl (C=O) groups is 1. The second kappa shape index (κ2) is 6.90. The SMILES string of the molecule is CC(C)NC1(C(N)=O)CCCC1CCOCCC1CC1. The first kappa shape index (κ1) is 15.8. The Morgan fingerprint density at radius 3 is 2.60 bits per heavy atom. The smallest absolute Gasteiger partial charge is 0.238 e. The van der Waals surface area contributed by atoms with Crippen LogP contribution in [0.4, 0.5) is 0 Å². The molecular weight excluding hydrogens is 252 g/mol. The van der Waals surface area contributed by atoms with Crippen molar-refractivity contribution in [2.75, 3.05) is 13.2 Å². The van der Waals surface area contributed by atoms with Crippen molar-refractivity contribution in [2.24, 2.45) is 17.6 Å². The Bertz CT molecular complexity index is 328. The molecule has 4 heteroatoms. The van der Waals surface area contributed by atoms with Crippen LogP contribution in [0.25, 0.3) is 0 Å². The van der Waals surface area contributed by atoms with Gasteiger partial charge in [-0.25, -0.2) is 0 Å². The van der Waals surface area contributed by atoms with E-state index in [0.717, 1.165) is 44.8 Å². The first-order chi connectivity index (χ1) is 9.54. The lowest BCUT2D eigenvalue weighted by molar-refractivity contribution is -0.126. The molecular formula is C16H30N2O2. The van der Waals surface area contributed by atoms with E-state index in [2.05, 4.69) is 19.2 Å². The fourth-order valence-corrected chi connectivity index (χ4v) is 3.55. The van der Waals surface area contributed by atoms with Crippen LogP contribution in [0.1, 0.15) is 58.8 Å². The van der Waals surface area contributed by atoms with Crippen molar-refractivity contribution in [3.63, 3.8) is 0 Å². The predicted octanol–water partition coefficient (Wildman–Crippen LogP) is 2.22. The van der Waals surface area contributed by atoms with Crippen molar-refractivity contribution in [3.8, 4) is 0 Å². The molecule has 2 aliphatic carbocycles. The predicted molar refractivity (Wildman–Crippen MR) is 80.3 cm³/mol. The van der Waals surface area contributed by atoms with Crippen molar-refractivity contribution in [1.82, 2.24) is 5.32 Å². The van der Waals surface area contributed by atoms with E-state index >= 15 is 0 Å². The molecule has 116 valence electrons. The normalized spacial score (nSPS) is 30.1. The zero-order chi connectivity index (χ0) is 14.6. The summed E-state index contributed by atoms with van der Waals surface area (Å²) in [7, 11) is 0. The largest absolute Gasteiger partial charge is 0.381 e. The number of nitrogens with two attached hydrogens (primary N) is 1. The molecule has 0 aromatic carbocycles. The minimum atomic E-state index is -0.506. The molecule has 0 aromatic rings. The van der Waals surface area contributed by atoms with Crippen LogP contribution in [-0.4, -0.2) is 30.7 Å². The fraction of sp³-hybridized carbons (Fsp3) is 0.938. The Morgan fingerprint density at radius 1 is 1.30 bits per heavy atom.